The van der Waals surface area contributed by atoms with Gasteiger partial charge in [0.2, 0.25) is 0 Å². The first-order chi connectivity index (χ1) is 16.7. The molecule has 0 unspecified atom stereocenters. The average Bonchev–Trinajstić information content (AvgIpc) is 3.21. The summed E-state index contributed by atoms with van der Waals surface area (Å²) in [4.78, 5) is 5.55. The van der Waals surface area contributed by atoms with E-state index in [0.29, 0.717) is 12.0 Å². The molecule has 0 spiro atoms. The molecule has 3 aromatic rings. The van der Waals surface area contributed by atoms with Gasteiger partial charge in [0.05, 0.1) is 28.4 Å². The quantitative estimate of drug-likeness (QED) is 0.320. The van der Waals surface area contributed by atoms with Crippen molar-refractivity contribution in [3.63, 3.8) is 0 Å². The van der Waals surface area contributed by atoms with E-state index in [1.165, 1.54) is 62.7 Å². The predicted octanol–water partition coefficient (Wildman–Crippen LogP) is 7.10. The predicted molar refractivity (Wildman–Crippen MR) is 141 cm³/mol. The van der Waals surface area contributed by atoms with Crippen LogP contribution in [0.2, 0.25) is 5.02 Å². The number of methoxy groups -OCH3 is 1. The summed E-state index contributed by atoms with van der Waals surface area (Å²) in [5, 5.41) is 4.22. The van der Waals surface area contributed by atoms with E-state index in [-0.39, 0.29) is 21.4 Å². The van der Waals surface area contributed by atoms with Crippen LogP contribution in [0.25, 0.3) is 10.4 Å². The summed E-state index contributed by atoms with van der Waals surface area (Å²) in [7, 11) is -2.63. The standard InChI is InChI=1S/C25H29ClFN3O3S2/c1-15(17-7-5-4-6-8-17)28-25-29-16(2)24(34-25)18-9-12-22(33-3)23(13-18)35(31,32)30-19-10-11-21(27)20(26)14-19/h9-15,17,30H,4-8H2,1-3H3,(H,28,29)/t15-/m1/s1. The van der Waals surface area contributed by atoms with Crippen molar-refractivity contribution in [3.8, 4) is 16.2 Å². The van der Waals surface area contributed by atoms with Crippen LogP contribution in [-0.2, 0) is 10.0 Å². The summed E-state index contributed by atoms with van der Waals surface area (Å²) >= 11 is 7.32. The van der Waals surface area contributed by atoms with Crippen molar-refractivity contribution in [2.45, 2.75) is 56.9 Å². The van der Waals surface area contributed by atoms with Crippen LogP contribution >= 0.6 is 22.9 Å². The van der Waals surface area contributed by atoms with Crippen molar-refractivity contribution >= 4 is 43.8 Å². The Morgan fingerprint density at radius 1 is 1.17 bits per heavy atom. The van der Waals surface area contributed by atoms with Crippen molar-refractivity contribution in [2.24, 2.45) is 5.92 Å². The van der Waals surface area contributed by atoms with Gasteiger partial charge in [-0.15, -0.1) is 0 Å². The Labute approximate surface area is 214 Å². The van der Waals surface area contributed by atoms with E-state index >= 15 is 0 Å². The average molecular weight is 538 g/mol. The SMILES string of the molecule is COc1ccc(-c2sc(N[C@H](C)C3CCCCC3)nc2C)cc1S(=O)(=O)Nc1ccc(F)c(Cl)c1. The summed E-state index contributed by atoms with van der Waals surface area (Å²) in [5.41, 5.74) is 1.69. The molecule has 0 saturated heterocycles. The van der Waals surface area contributed by atoms with Gasteiger partial charge >= 0.3 is 0 Å². The second-order valence-electron chi connectivity index (χ2n) is 8.86. The van der Waals surface area contributed by atoms with Gasteiger partial charge in [-0.25, -0.2) is 17.8 Å². The second kappa shape index (κ2) is 10.7. The minimum absolute atomic E-state index is 0.0316. The van der Waals surface area contributed by atoms with Gasteiger partial charge in [-0.05, 0) is 74.6 Å². The maximum Gasteiger partial charge on any atom is 0.265 e. The fourth-order valence-electron chi connectivity index (χ4n) is 4.47. The monoisotopic (exact) mass is 537 g/mol. The zero-order valence-corrected chi connectivity index (χ0v) is 22.3. The fraction of sp³-hybridized carbons (Fsp3) is 0.400. The first kappa shape index (κ1) is 25.7. The summed E-state index contributed by atoms with van der Waals surface area (Å²) < 4.78 is 47.7. The van der Waals surface area contributed by atoms with Crippen LogP contribution in [0, 0.1) is 18.7 Å². The number of ether oxygens (including phenoxy) is 1. The second-order valence-corrected chi connectivity index (χ2v) is 11.9. The van der Waals surface area contributed by atoms with E-state index in [1.807, 2.05) is 13.0 Å². The lowest BCUT2D eigenvalue weighted by Gasteiger charge is -2.28. The van der Waals surface area contributed by atoms with Crippen LogP contribution in [0.5, 0.6) is 5.75 Å². The van der Waals surface area contributed by atoms with Gasteiger partial charge in [0.1, 0.15) is 16.5 Å². The van der Waals surface area contributed by atoms with Crippen LogP contribution in [-0.4, -0.2) is 26.6 Å². The van der Waals surface area contributed by atoms with Gasteiger partial charge in [-0.3, -0.25) is 4.72 Å². The van der Waals surface area contributed by atoms with E-state index in [2.05, 4.69) is 17.0 Å². The molecule has 10 heteroatoms. The Morgan fingerprint density at radius 3 is 2.60 bits per heavy atom. The molecule has 1 aliphatic carbocycles. The lowest BCUT2D eigenvalue weighted by atomic mass is 9.85. The normalized spacial score (nSPS) is 15.6. The third kappa shape index (κ3) is 5.90. The molecule has 35 heavy (non-hydrogen) atoms. The number of sulfonamides is 1. The van der Waals surface area contributed by atoms with E-state index in [9.17, 15) is 12.8 Å². The number of hydrogen-bond donors (Lipinski definition) is 2. The largest absolute Gasteiger partial charge is 0.495 e. The number of benzene rings is 2. The van der Waals surface area contributed by atoms with Crippen LogP contribution in [0.1, 0.15) is 44.7 Å². The Morgan fingerprint density at radius 2 is 1.91 bits per heavy atom. The molecule has 4 rings (SSSR count). The molecule has 0 aliphatic heterocycles. The molecule has 0 bridgehead atoms. The number of thiazole rings is 1. The van der Waals surface area contributed by atoms with Crippen molar-refractivity contribution in [3.05, 3.63) is 52.9 Å². The fourth-order valence-corrected chi connectivity index (χ4v) is 6.96. The molecular formula is C25H29ClFN3O3S2. The Kier molecular flexibility index (Phi) is 7.88. The smallest absolute Gasteiger partial charge is 0.265 e. The maximum absolute atomic E-state index is 13.5. The molecule has 0 radical (unpaired) electrons. The lowest BCUT2D eigenvalue weighted by molar-refractivity contribution is 0.328. The number of rotatable bonds is 8. The molecule has 2 N–H and O–H groups in total. The number of hydrogen-bond acceptors (Lipinski definition) is 6. The van der Waals surface area contributed by atoms with Crippen LogP contribution in [0.3, 0.4) is 0 Å². The molecule has 1 heterocycles. The highest BCUT2D eigenvalue weighted by atomic mass is 35.5. The summed E-state index contributed by atoms with van der Waals surface area (Å²) in [6, 6.07) is 8.99. The maximum atomic E-state index is 13.5. The Hall–Kier alpha value is -2.36. The molecule has 1 aliphatic rings. The zero-order valence-electron chi connectivity index (χ0n) is 19.9. The molecule has 2 aromatic carbocycles. The first-order valence-corrected chi connectivity index (χ1v) is 14.3. The first-order valence-electron chi connectivity index (χ1n) is 11.6. The van der Waals surface area contributed by atoms with Crippen LogP contribution < -0.4 is 14.8 Å². The number of nitrogens with one attached hydrogen (secondary N) is 2. The van der Waals surface area contributed by atoms with Gasteiger partial charge in [0, 0.05) is 6.04 Å². The van der Waals surface area contributed by atoms with E-state index in [1.54, 1.807) is 12.1 Å². The number of anilines is 2. The van der Waals surface area contributed by atoms with Gasteiger partial charge in [0.15, 0.2) is 5.13 Å². The van der Waals surface area contributed by atoms with Gasteiger partial charge in [0.25, 0.3) is 10.0 Å². The van der Waals surface area contributed by atoms with Crippen molar-refractivity contribution < 1.29 is 17.5 Å². The highest BCUT2D eigenvalue weighted by molar-refractivity contribution is 7.92. The van der Waals surface area contributed by atoms with Gasteiger partial charge in [-0.1, -0.05) is 42.2 Å². The third-order valence-electron chi connectivity index (χ3n) is 6.39. The topological polar surface area (TPSA) is 80.3 Å². The molecule has 188 valence electrons. The third-order valence-corrected chi connectivity index (χ3v) is 9.22. The minimum atomic E-state index is -4.04. The number of halogens is 2. The van der Waals surface area contributed by atoms with Gasteiger partial charge in [-0.2, -0.15) is 0 Å². The summed E-state index contributed by atoms with van der Waals surface area (Å²) in [6.45, 7) is 4.12. The molecule has 0 amide bonds. The molecule has 1 fully saturated rings. The van der Waals surface area contributed by atoms with Crippen LogP contribution in [0.15, 0.2) is 41.3 Å². The lowest BCUT2D eigenvalue weighted by Crippen LogP contribution is -2.27. The van der Waals surface area contributed by atoms with E-state index in [4.69, 9.17) is 21.3 Å². The van der Waals surface area contributed by atoms with Gasteiger partial charge < -0.3 is 10.1 Å². The Bertz CT molecular complexity index is 1310. The summed E-state index contributed by atoms with van der Waals surface area (Å²) in [5.74, 6) is 0.207. The molecule has 1 aromatic heterocycles. The van der Waals surface area contributed by atoms with E-state index in [0.717, 1.165) is 27.3 Å². The molecule has 1 saturated carbocycles. The Balaban J connectivity index is 1.61. The van der Waals surface area contributed by atoms with E-state index < -0.39 is 15.8 Å². The number of aromatic nitrogens is 1. The van der Waals surface area contributed by atoms with Crippen LogP contribution in [0.4, 0.5) is 15.2 Å². The van der Waals surface area contributed by atoms with Crippen molar-refractivity contribution in [1.82, 2.24) is 4.98 Å². The highest BCUT2D eigenvalue weighted by Gasteiger charge is 2.24. The van der Waals surface area contributed by atoms with Crippen molar-refractivity contribution in [2.75, 3.05) is 17.1 Å². The number of aryl methyl sites for hydroxylation is 1. The highest BCUT2D eigenvalue weighted by Crippen LogP contribution is 2.38. The summed E-state index contributed by atoms with van der Waals surface area (Å²) in [6.07, 6.45) is 6.34. The minimum Gasteiger partial charge on any atom is -0.495 e. The molecule has 6 nitrogen and oxygen atoms in total. The number of nitrogens with zero attached hydrogens (tertiary/aromatic N) is 1. The molecule has 1 atom stereocenters. The van der Waals surface area contributed by atoms with Crippen molar-refractivity contribution in [1.29, 1.82) is 0 Å². The zero-order chi connectivity index (χ0) is 25.2. The molecular weight excluding hydrogens is 509 g/mol.